The number of unbranched alkanes of at least 4 members (excludes halogenated alkanes) is 1. The van der Waals surface area contributed by atoms with Crippen molar-refractivity contribution < 1.29 is 8.91 Å². The second kappa shape index (κ2) is 6.45. The number of amides is 1. The van der Waals surface area contributed by atoms with Gasteiger partial charge in [-0.2, -0.15) is 0 Å². The van der Waals surface area contributed by atoms with Crippen molar-refractivity contribution in [3.63, 3.8) is 0 Å². The van der Waals surface area contributed by atoms with Gasteiger partial charge in [0.25, 0.3) is 0 Å². The quantitative estimate of drug-likeness (QED) is 0.289. The molecule has 5 nitrogen and oxygen atoms in total. The maximum absolute atomic E-state index is 10.9. The summed E-state index contributed by atoms with van der Waals surface area (Å²) in [4.78, 5) is 14.6. The van der Waals surface area contributed by atoms with Gasteiger partial charge >= 0.3 is 0 Å². The minimum atomic E-state index is -2.57. The van der Waals surface area contributed by atoms with E-state index in [-0.39, 0.29) is 5.96 Å². The molecule has 5 N–H and O–H groups in total. The van der Waals surface area contributed by atoms with E-state index in [0.717, 1.165) is 0 Å². The lowest BCUT2D eigenvalue weighted by atomic mass is 10.3. The Morgan fingerprint density at radius 2 is 2.33 bits per heavy atom. The largest absolute Gasteiger partial charge is 0.370 e. The highest BCUT2D eigenvalue weighted by molar-refractivity contribution is 5.75. The van der Waals surface area contributed by atoms with Crippen LogP contribution < -0.4 is 16.8 Å². The fraction of sp³-hybridized carbons (Fsp3) is 0.714. The summed E-state index contributed by atoms with van der Waals surface area (Å²) in [6.45, 7) is -1.77. The van der Waals surface area contributed by atoms with Crippen LogP contribution in [0.15, 0.2) is 4.99 Å². The van der Waals surface area contributed by atoms with Gasteiger partial charge in [-0.05, 0) is 12.8 Å². The normalized spacial score (nSPS) is 13.8. The first-order valence-corrected chi connectivity index (χ1v) is 3.67. The molecule has 0 bridgehead atoms. The van der Waals surface area contributed by atoms with E-state index in [0.29, 0.717) is 25.9 Å². The van der Waals surface area contributed by atoms with Crippen LogP contribution in [0, 0.1) is 0 Å². The number of nitrogens with two attached hydrogens (primary N) is 2. The number of nitrogens with one attached hydrogen (secondary N) is 1. The second-order valence-corrected chi connectivity index (χ2v) is 2.27. The number of carbonyl (C=O) groups excluding carboxylic acids is 1. The van der Waals surface area contributed by atoms with Gasteiger partial charge in [0.05, 0.1) is 0 Å². The third kappa shape index (κ3) is 8.74. The lowest BCUT2D eigenvalue weighted by Gasteiger charge is -1.99. The zero-order valence-corrected chi connectivity index (χ0v) is 6.84. The summed E-state index contributed by atoms with van der Waals surface area (Å²) in [5.74, 6) is -0.897. The van der Waals surface area contributed by atoms with E-state index >= 15 is 0 Å². The summed E-state index contributed by atoms with van der Waals surface area (Å²) < 4.78 is 20.3. The van der Waals surface area contributed by atoms with Crippen LogP contribution in [0.1, 0.15) is 23.8 Å². The lowest BCUT2D eigenvalue weighted by molar-refractivity contribution is -0.118. The molecule has 0 spiro atoms. The molecule has 0 aliphatic carbocycles. The van der Waals surface area contributed by atoms with Crippen LogP contribution in [0.25, 0.3) is 0 Å². The summed E-state index contributed by atoms with van der Waals surface area (Å²) in [5, 5.41) is 2.30. The molecule has 0 aliphatic heterocycles. The summed E-state index contributed by atoms with van der Waals surface area (Å²) >= 11 is 0. The molecule has 0 fully saturated rings. The maximum Gasteiger partial charge on any atom is 0.216 e. The second-order valence-electron chi connectivity index (χ2n) is 2.27. The fourth-order valence-corrected chi connectivity index (χ4v) is 0.647. The van der Waals surface area contributed by atoms with E-state index in [1.807, 2.05) is 0 Å². The average molecular weight is 175 g/mol. The highest BCUT2D eigenvalue weighted by Gasteiger charge is 1.90. The molecule has 0 aromatic heterocycles. The van der Waals surface area contributed by atoms with Gasteiger partial charge in [-0.3, -0.25) is 9.79 Å². The predicted molar refractivity (Wildman–Crippen MR) is 48.6 cm³/mol. The zero-order valence-electron chi connectivity index (χ0n) is 9.84. The molecule has 0 unspecified atom stereocenters. The van der Waals surface area contributed by atoms with Crippen LogP contribution in [0.2, 0.25) is 0 Å². The van der Waals surface area contributed by atoms with Crippen molar-refractivity contribution >= 4 is 11.9 Å². The molecule has 0 heterocycles. The number of hydrogen-bond acceptors (Lipinski definition) is 2. The smallest absolute Gasteiger partial charge is 0.216 e. The number of guanidine groups is 1. The third-order valence-electron chi connectivity index (χ3n) is 1.16. The summed E-state index contributed by atoms with van der Waals surface area (Å²) in [6.07, 6.45) is 1.33. The maximum atomic E-state index is 10.9. The number of aliphatic imine (C=N–C) groups is 1. The zero-order chi connectivity index (χ0) is 11.9. The van der Waals surface area contributed by atoms with Crippen molar-refractivity contribution in [3.8, 4) is 0 Å². The van der Waals surface area contributed by atoms with Gasteiger partial charge in [-0.1, -0.05) is 0 Å². The molecule has 0 rings (SSSR count). The molecular formula is C7H16N4O. The standard InChI is InChI=1S/C7H16N4O/c1-6(12)10-4-2-3-5-11-7(8)9/h2-5H2,1H3,(H,10,12)(H4,8,9,11)/i1D3. The number of carbonyl (C=O) groups is 1. The van der Waals surface area contributed by atoms with Crippen molar-refractivity contribution in [3.05, 3.63) is 0 Å². The highest BCUT2D eigenvalue weighted by atomic mass is 16.1. The van der Waals surface area contributed by atoms with E-state index in [1.54, 1.807) is 0 Å². The van der Waals surface area contributed by atoms with Crippen LogP contribution in [-0.4, -0.2) is 25.0 Å². The van der Waals surface area contributed by atoms with Gasteiger partial charge in [-0.15, -0.1) is 0 Å². The lowest BCUT2D eigenvalue weighted by Crippen LogP contribution is -2.23. The number of hydrogen-bond donors (Lipinski definition) is 3. The van der Waals surface area contributed by atoms with Crippen molar-refractivity contribution in [2.24, 2.45) is 16.5 Å². The van der Waals surface area contributed by atoms with Gasteiger partial charge in [0.1, 0.15) is 0 Å². The summed E-state index contributed by atoms with van der Waals surface area (Å²) in [6, 6.07) is 0. The van der Waals surface area contributed by atoms with Crippen LogP contribution in [-0.2, 0) is 4.79 Å². The third-order valence-corrected chi connectivity index (χ3v) is 1.16. The Hall–Kier alpha value is -1.26. The van der Waals surface area contributed by atoms with Gasteiger partial charge in [-0.25, -0.2) is 0 Å². The highest BCUT2D eigenvalue weighted by Crippen LogP contribution is 1.86. The van der Waals surface area contributed by atoms with E-state index in [1.165, 1.54) is 0 Å². The van der Waals surface area contributed by atoms with E-state index in [4.69, 9.17) is 15.6 Å². The summed E-state index contributed by atoms with van der Waals surface area (Å²) in [7, 11) is 0. The van der Waals surface area contributed by atoms with Crippen LogP contribution in [0.4, 0.5) is 0 Å². The first-order chi connectivity index (χ1) is 6.84. The van der Waals surface area contributed by atoms with Gasteiger partial charge in [0.2, 0.25) is 5.91 Å². The molecule has 0 aromatic carbocycles. The van der Waals surface area contributed by atoms with Crippen molar-refractivity contribution in [1.82, 2.24) is 5.32 Å². The van der Waals surface area contributed by atoms with Gasteiger partial charge in [0.15, 0.2) is 5.96 Å². The predicted octanol–water partition coefficient (Wildman–Crippen LogP) is -0.824. The minimum Gasteiger partial charge on any atom is -0.370 e. The molecule has 0 saturated heterocycles. The Kier molecular flexibility index (Phi) is 3.37. The number of nitrogens with zero attached hydrogens (tertiary/aromatic N) is 1. The Balaban J connectivity index is 3.48. The summed E-state index contributed by atoms with van der Waals surface area (Å²) in [5.41, 5.74) is 10.2. The van der Waals surface area contributed by atoms with E-state index in [2.05, 4.69) is 10.3 Å². The Morgan fingerprint density at radius 3 is 2.92 bits per heavy atom. The Morgan fingerprint density at radius 1 is 1.58 bits per heavy atom. The molecule has 0 radical (unpaired) electrons. The van der Waals surface area contributed by atoms with Gasteiger partial charge in [0, 0.05) is 24.1 Å². The van der Waals surface area contributed by atoms with Crippen molar-refractivity contribution in [1.29, 1.82) is 0 Å². The van der Waals surface area contributed by atoms with Gasteiger partial charge < -0.3 is 16.8 Å². The monoisotopic (exact) mass is 175 g/mol. The molecule has 70 valence electrons. The van der Waals surface area contributed by atoms with Crippen LogP contribution >= 0.6 is 0 Å². The van der Waals surface area contributed by atoms with E-state index < -0.39 is 12.8 Å². The van der Waals surface area contributed by atoms with Crippen molar-refractivity contribution in [2.45, 2.75) is 19.7 Å². The first kappa shape index (κ1) is 6.28. The molecule has 5 heteroatoms. The molecule has 0 atom stereocenters. The SMILES string of the molecule is [2H]C([2H])([2H])C(=O)NCCCCN=C(N)N. The molecule has 0 aliphatic rings. The van der Waals surface area contributed by atoms with E-state index in [9.17, 15) is 4.79 Å². The average Bonchev–Trinajstić information content (AvgIpc) is 2.08. The number of rotatable bonds is 5. The first-order valence-electron chi connectivity index (χ1n) is 5.17. The Labute approximate surface area is 76.4 Å². The van der Waals surface area contributed by atoms with Crippen LogP contribution in [0.5, 0.6) is 0 Å². The molecule has 0 saturated carbocycles. The fourth-order valence-electron chi connectivity index (χ4n) is 0.647. The Bertz CT molecular complexity index is 235. The molecule has 0 aromatic rings. The minimum absolute atomic E-state index is 0.0292. The molecule has 1 amide bonds. The van der Waals surface area contributed by atoms with Crippen molar-refractivity contribution in [2.75, 3.05) is 13.1 Å². The topological polar surface area (TPSA) is 93.5 Å². The molecule has 12 heavy (non-hydrogen) atoms. The van der Waals surface area contributed by atoms with Crippen LogP contribution in [0.3, 0.4) is 0 Å². The molecular weight excluding hydrogens is 156 g/mol.